The molecule has 2 N–H and O–H groups in total. The SMILES string of the molecule is O=C(O)c1nn(CC2CC2)c2c1CN(C(=O)C1CCN(CCO)CC1)CC2. The van der Waals surface area contributed by atoms with Crippen LogP contribution in [0.1, 0.15) is 47.4 Å². The van der Waals surface area contributed by atoms with E-state index in [9.17, 15) is 14.7 Å². The van der Waals surface area contributed by atoms with Crippen molar-refractivity contribution in [2.45, 2.75) is 45.2 Å². The van der Waals surface area contributed by atoms with Gasteiger partial charge in [-0.15, -0.1) is 0 Å². The normalized spacial score (nSPS) is 21.3. The van der Waals surface area contributed by atoms with Gasteiger partial charge in [0, 0.05) is 49.8 Å². The van der Waals surface area contributed by atoms with Gasteiger partial charge < -0.3 is 20.0 Å². The summed E-state index contributed by atoms with van der Waals surface area (Å²) < 4.78 is 1.88. The molecule has 148 valence electrons. The fourth-order valence-electron chi connectivity index (χ4n) is 4.35. The minimum absolute atomic E-state index is 0.00344. The monoisotopic (exact) mass is 376 g/mol. The van der Waals surface area contributed by atoms with E-state index in [2.05, 4.69) is 10.00 Å². The number of carboxylic acids is 1. The van der Waals surface area contributed by atoms with Crippen LogP contribution >= 0.6 is 0 Å². The number of aliphatic hydroxyl groups excluding tert-OH is 1. The van der Waals surface area contributed by atoms with Gasteiger partial charge in [0.15, 0.2) is 5.69 Å². The molecule has 3 aliphatic rings. The van der Waals surface area contributed by atoms with Crippen molar-refractivity contribution in [2.75, 3.05) is 32.8 Å². The molecular weight excluding hydrogens is 348 g/mol. The van der Waals surface area contributed by atoms with Gasteiger partial charge in [-0.1, -0.05) is 0 Å². The van der Waals surface area contributed by atoms with Crippen LogP contribution in [-0.4, -0.2) is 74.5 Å². The Morgan fingerprint density at radius 1 is 1.11 bits per heavy atom. The van der Waals surface area contributed by atoms with Crippen molar-refractivity contribution < 1.29 is 19.8 Å². The lowest BCUT2D eigenvalue weighted by Crippen LogP contribution is -2.45. The molecule has 1 aromatic rings. The molecule has 8 heteroatoms. The minimum atomic E-state index is -1.01. The summed E-state index contributed by atoms with van der Waals surface area (Å²) in [5, 5.41) is 23.0. The van der Waals surface area contributed by atoms with Gasteiger partial charge in [0.25, 0.3) is 0 Å². The maximum Gasteiger partial charge on any atom is 0.356 e. The summed E-state index contributed by atoms with van der Waals surface area (Å²) in [5.41, 5.74) is 1.84. The summed E-state index contributed by atoms with van der Waals surface area (Å²) in [7, 11) is 0. The highest BCUT2D eigenvalue weighted by Crippen LogP contribution is 2.33. The second kappa shape index (κ2) is 7.59. The van der Waals surface area contributed by atoms with Crippen molar-refractivity contribution in [2.24, 2.45) is 11.8 Å². The third-order valence-corrected chi connectivity index (χ3v) is 6.13. The van der Waals surface area contributed by atoms with Crippen LogP contribution in [-0.2, 0) is 24.3 Å². The van der Waals surface area contributed by atoms with Gasteiger partial charge in [-0.25, -0.2) is 4.79 Å². The van der Waals surface area contributed by atoms with Crippen LogP contribution in [0.25, 0.3) is 0 Å². The van der Waals surface area contributed by atoms with Gasteiger partial charge in [-0.3, -0.25) is 9.48 Å². The first-order valence-electron chi connectivity index (χ1n) is 10.0. The molecule has 1 amide bonds. The highest BCUT2D eigenvalue weighted by Gasteiger charge is 2.35. The van der Waals surface area contributed by atoms with Crippen LogP contribution in [0, 0.1) is 11.8 Å². The zero-order chi connectivity index (χ0) is 19.0. The largest absolute Gasteiger partial charge is 0.476 e. The molecule has 4 rings (SSSR count). The van der Waals surface area contributed by atoms with E-state index in [4.69, 9.17) is 5.11 Å². The van der Waals surface area contributed by atoms with Gasteiger partial charge in [0.05, 0.1) is 6.61 Å². The van der Waals surface area contributed by atoms with Gasteiger partial charge in [0.1, 0.15) is 0 Å². The zero-order valence-electron chi connectivity index (χ0n) is 15.6. The Morgan fingerprint density at radius 2 is 1.85 bits per heavy atom. The summed E-state index contributed by atoms with van der Waals surface area (Å²) in [6.07, 6.45) is 4.66. The molecule has 0 bridgehead atoms. The van der Waals surface area contributed by atoms with E-state index in [0.717, 1.165) is 43.7 Å². The number of carbonyl (C=O) groups is 2. The number of hydrogen-bond acceptors (Lipinski definition) is 5. The fraction of sp³-hybridized carbons (Fsp3) is 0.737. The Morgan fingerprint density at radius 3 is 2.48 bits per heavy atom. The smallest absolute Gasteiger partial charge is 0.356 e. The predicted molar refractivity (Wildman–Crippen MR) is 97.3 cm³/mol. The Hall–Kier alpha value is -1.93. The molecule has 0 aromatic carbocycles. The van der Waals surface area contributed by atoms with Crippen molar-refractivity contribution in [3.63, 3.8) is 0 Å². The van der Waals surface area contributed by atoms with E-state index in [1.165, 1.54) is 12.8 Å². The van der Waals surface area contributed by atoms with E-state index in [0.29, 0.717) is 32.0 Å². The van der Waals surface area contributed by atoms with Crippen LogP contribution in [0.5, 0.6) is 0 Å². The van der Waals surface area contributed by atoms with E-state index in [-0.39, 0.29) is 24.1 Å². The van der Waals surface area contributed by atoms with Crippen LogP contribution in [0.3, 0.4) is 0 Å². The summed E-state index contributed by atoms with van der Waals surface area (Å²) in [6.45, 7) is 4.26. The number of aromatic carboxylic acids is 1. The van der Waals surface area contributed by atoms with E-state index >= 15 is 0 Å². The topological polar surface area (TPSA) is 98.9 Å². The molecule has 1 aromatic heterocycles. The maximum absolute atomic E-state index is 13.0. The zero-order valence-corrected chi connectivity index (χ0v) is 15.6. The second-order valence-electron chi connectivity index (χ2n) is 8.05. The predicted octanol–water partition coefficient (Wildman–Crippen LogP) is 0.580. The first-order chi connectivity index (χ1) is 13.1. The highest BCUT2D eigenvalue weighted by molar-refractivity contribution is 5.88. The van der Waals surface area contributed by atoms with Crippen molar-refractivity contribution >= 4 is 11.9 Å². The van der Waals surface area contributed by atoms with Crippen LogP contribution < -0.4 is 0 Å². The first-order valence-corrected chi connectivity index (χ1v) is 10.0. The van der Waals surface area contributed by atoms with Crippen LogP contribution in [0.4, 0.5) is 0 Å². The van der Waals surface area contributed by atoms with Crippen molar-refractivity contribution in [1.82, 2.24) is 19.6 Å². The lowest BCUT2D eigenvalue weighted by atomic mass is 9.94. The quantitative estimate of drug-likeness (QED) is 0.754. The third-order valence-electron chi connectivity index (χ3n) is 6.13. The highest BCUT2D eigenvalue weighted by atomic mass is 16.4. The molecule has 0 radical (unpaired) electrons. The lowest BCUT2D eigenvalue weighted by Gasteiger charge is -2.35. The van der Waals surface area contributed by atoms with Crippen molar-refractivity contribution in [1.29, 1.82) is 0 Å². The van der Waals surface area contributed by atoms with Crippen LogP contribution in [0.15, 0.2) is 0 Å². The maximum atomic E-state index is 13.0. The number of nitrogens with zero attached hydrogens (tertiary/aromatic N) is 4. The average molecular weight is 376 g/mol. The number of aromatic nitrogens is 2. The van der Waals surface area contributed by atoms with Crippen LogP contribution in [0.2, 0.25) is 0 Å². The summed E-state index contributed by atoms with van der Waals surface area (Å²) in [5.74, 6) is -0.251. The van der Waals surface area contributed by atoms with E-state index in [1.807, 2.05) is 9.58 Å². The summed E-state index contributed by atoms with van der Waals surface area (Å²) >= 11 is 0. The number of carbonyl (C=O) groups excluding carboxylic acids is 1. The van der Waals surface area contributed by atoms with E-state index in [1.54, 1.807) is 0 Å². The average Bonchev–Trinajstić information content (AvgIpc) is 3.41. The molecule has 2 fully saturated rings. The Balaban J connectivity index is 1.45. The number of aliphatic hydroxyl groups is 1. The molecule has 1 saturated heterocycles. The molecular formula is C19H28N4O4. The molecule has 3 heterocycles. The third kappa shape index (κ3) is 3.87. The fourth-order valence-corrected chi connectivity index (χ4v) is 4.35. The Labute approximate surface area is 158 Å². The number of amides is 1. The molecule has 1 saturated carbocycles. The molecule has 8 nitrogen and oxygen atoms in total. The lowest BCUT2D eigenvalue weighted by molar-refractivity contribution is -0.138. The Kier molecular flexibility index (Phi) is 5.19. The minimum Gasteiger partial charge on any atom is -0.476 e. The van der Waals surface area contributed by atoms with Gasteiger partial charge in [0.2, 0.25) is 5.91 Å². The van der Waals surface area contributed by atoms with Crippen molar-refractivity contribution in [3.05, 3.63) is 17.0 Å². The second-order valence-corrected chi connectivity index (χ2v) is 8.05. The molecule has 0 unspecified atom stereocenters. The van der Waals surface area contributed by atoms with Gasteiger partial charge >= 0.3 is 5.97 Å². The number of hydrogen-bond donors (Lipinski definition) is 2. The number of rotatable bonds is 6. The standard InChI is InChI=1S/C19H28N4O4/c24-10-9-21-6-3-14(4-7-21)18(25)22-8-5-16-15(12-22)17(19(26)27)20-23(16)11-13-1-2-13/h13-14,24H,1-12H2,(H,26,27). The van der Waals surface area contributed by atoms with Crippen molar-refractivity contribution in [3.8, 4) is 0 Å². The number of likely N-dealkylation sites (tertiary alicyclic amines) is 1. The summed E-state index contributed by atoms with van der Waals surface area (Å²) in [4.78, 5) is 28.7. The van der Waals surface area contributed by atoms with Gasteiger partial charge in [-0.2, -0.15) is 5.10 Å². The molecule has 0 atom stereocenters. The molecule has 27 heavy (non-hydrogen) atoms. The first kappa shape index (κ1) is 18.4. The van der Waals surface area contributed by atoms with Gasteiger partial charge in [-0.05, 0) is 44.7 Å². The molecule has 2 aliphatic heterocycles. The Bertz CT molecular complexity index is 720. The number of piperidine rings is 1. The number of β-amino-alcohol motifs (C(OH)–C–C–N with tert-alkyl or cyclic N) is 1. The number of fused-ring (bicyclic) bond motifs is 1. The summed E-state index contributed by atoms with van der Waals surface area (Å²) in [6, 6.07) is 0. The molecule has 0 spiro atoms. The van der Waals surface area contributed by atoms with E-state index < -0.39 is 5.97 Å². The number of carboxylic acid groups (broad SMARTS) is 1. The molecule has 1 aliphatic carbocycles.